The molecule has 0 bridgehead atoms. The summed E-state index contributed by atoms with van der Waals surface area (Å²) in [5.41, 5.74) is 1.94. The number of hydrogen-bond acceptors (Lipinski definition) is 7. The van der Waals surface area contributed by atoms with Crippen LogP contribution in [0.5, 0.6) is 0 Å². The number of carboxylic acid groups (broad SMARTS) is 1. The van der Waals surface area contributed by atoms with Gasteiger partial charge in [0.1, 0.15) is 24.4 Å². The molecule has 2 amide bonds. The van der Waals surface area contributed by atoms with Crippen molar-refractivity contribution in [1.29, 1.82) is 0 Å². The molecule has 0 radical (unpaired) electrons. The molecule has 10 heteroatoms. The first-order chi connectivity index (χ1) is 18.7. The first-order valence-electron chi connectivity index (χ1n) is 13.2. The van der Waals surface area contributed by atoms with Gasteiger partial charge < -0.3 is 30.0 Å². The average Bonchev–Trinajstić information content (AvgIpc) is 3.17. The summed E-state index contributed by atoms with van der Waals surface area (Å²) in [6, 6.07) is 14.3. The SMILES string of the molecule is CC(C)C[C@@](C)(NC(=O)OCC1c2ccccc2-c2ccccc21)C(=O)OC[C@@H](NC(=O)OC(C)(C)C)C(=O)O. The van der Waals surface area contributed by atoms with Crippen molar-refractivity contribution >= 4 is 24.1 Å². The van der Waals surface area contributed by atoms with Crippen LogP contribution in [0.25, 0.3) is 11.1 Å². The summed E-state index contributed by atoms with van der Waals surface area (Å²) >= 11 is 0. The first kappa shape index (κ1) is 30.5. The molecule has 0 unspecified atom stereocenters. The lowest BCUT2D eigenvalue weighted by Gasteiger charge is -2.30. The maximum Gasteiger partial charge on any atom is 0.408 e. The topological polar surface area (TPSA) is 140 Å². The maximum atomic E-state index is 13.1. The van der Waals surface area contributed by atoms with E-state index in [0.29, 0.717) is 0 Å². The van der Waals surface area contributed by atoms with Crippen molar-refractivity contribution in [2.45, 2.75) is 71.1 Å². The number of amides is 2. The van der Waals surface area contributed by atoms with Gasteiger partial charge in [0.05, 0.1) is 0 Å². The van der Waals surface area contributed by atoms with E-state index in [1.807, 2.05) is 62.4 Å². The van der Waals surface area contributed by atoms with E-state index in [1.54, 1.807) is 20.8 Å². The van der Waals surface area contributed by atoms with Crippen molar-refractivity contribution in [3.05, 3.63) is 59.7 Å². The van der Waals surface area contributed by atoms with E-state index in [-0.39, 0.29) is 24.9 Å². The zero-order chi connectivity index (χ0) is 29.7. The van der Waals surface area contributed by atoms with Crippen LogP contribution in [-0.2, 0) is 23.8 Å². The van der Waals surface area contributed by atoms with E-state index in [1.165, 1.54) is 6.92 Å². The maximum absolute atomic E-state index is 13.1. The van der Waals surface area contributed by atoms with Crippen molar-refractivity contribution in [2.75, 3.05) is 13.2 Å². The van der Waals surface area contributed by atoms with Gasteiger partial charge in [-0.1, -0.05) is 62.4 Å². The van der Waals surface area contributed by atoms with Crippen LogP contribution in [0, 0.1) is 5.92 Å². The zero-order valence-electron chi connectivity index (χ0n) is 23.8. The highest BCUT2D eigenvalue weighted by Crippen LogP contribution is 2.44. The zero-order valence-corrected chi connectivity index (χ0v) is 23.8. The number of carbonyl (C=O) groups is 4. The Kier molecular flexibility index (Phi) is 9.44. The molecule has 0 fully saturated rings. The van der Waals surface area contributed by atoms with Crippen molar-refractivity contribution in [3.63, 3.8) is 0 Å². The molecule has 2 aromatic rings. The first-order valence-corrected chi connectivity index (χ1v) is 13.2. The quantitative estimate of drug-likeness (QED) is 0.280. The molecule has 1 aliphatic carbocycles. The summed E-state index contributed by atoms with van der Waals surface area (Å²) in [5.74, 6) is -2.45. The van der Waals surface area contributed by atoms with Crippen LogP contribution in [0.4, 0.5) is 9.59 Å². The van der Waals surface area contributed by atoms with E-state index in [2.05, 4.69) is 10.6 Å². The Bertz CT molecular complexity index is 1210. The van der Waals surface area contributed by atoms with Crippen molar-refractivity contribution in [3.8, 4) is 11.1 Å². The van der Waals surface area contributed by atoms with Gasteiger partial charge >= 0.3 is 24.1 Å². The van der Waals surface area contributed by atoms with Gasteiger partial charge in [0.25, 0.3) is 0 Å². The van der Waals surface area contributed by atoms with Gasteiger partial charge in [-0.2, -0.15) is 0 Å². The number of rotatable bonds is 10. The van der Waals surface area contributed by atoms with E-state index in [4.69, 9.17) is 14.2 Å². The molecule has 0 spiro atoms. The Morgan fingerprint density at radius 2 is 1.43 bits per heavy atom. The fourth-order valence-electron chi connectivity index (χ4n) is 4.80. The molecule has 0 saturated heterocycles. The molecule has 40 heavy (non-hydrogen) atoms. The fourth-order valence-corrected chi connectivity index (χ4v) is 4.80. The minimum atomic E-state index is -1.54. The van der Waals surface area contributed by atoms with Crippen molar-refractivity contribution in [1.82, 2.24) is 10.6 Å². The predicted octanol–water partition coefficient (Wildman–Crippen LogP) is 4.85. The summed E-state index contributed by atoms with van der Waals surface area (Å²) in [6.07, 6.45) is -1.56. The molecule has 0 saturated carbocycles. The monoisotopic (exact) mass is 554 g/mol. The molecule has 216 valence electrons. The van der Waals surface area contributed by atoms with Crippen LogP contribution >= 0.6 is 0 Å². The number of fused-ring (bicyclic) bond motifs is 3. The van der Waals surface area contributed by atoms with Gasteiger partial charge in [0.2, 0.25) is 0 Å². The molecule has 0 aromatic heterocycles. The predicted molar refractivity (Wildman–Crippen MR) is 148 cm³/mol. The van der Waals surface area contributed by atoms with Crippen LogP contribution in [-0.4, -0.2) is 59.6 Å². The summed E-state index contributed by atoms with van der Waals surface area (Å²) in [6.45, 7) is 9.54. The lowest BCUT2D eigenvalue weighted by atomic mass is 9.91. The molecule has 0 aliphatic heterocycles. The normalized spacial score (nSPS) is 14.8. The smallest absolute Gasteiger partial charge is 0.408 e. The molecule has 3 rings (SSSR count). The Morgan fingerprint density at radius 1 is 0.875 bits per heavy atom. The molecule has 2 atom stereocenters. The largest absolute Gasteiger partial charge is 0.480 e. The summed E-state index contributed by atoms with van der Waals surface area (Å²) in [5, 5.41) is 14.3. The molecule has 2 aromatic carbocycles. The minimum Gasteiger partial charge on any atom is -0.480 e. The van der Waals surface area contributed by atoms with Crippen LogP contribution in [0.2, 0.25) is 0 Å². The number of esters is 1. The van der Waals surface area contributed by atoms with Gasteiger partial charge in [0, 0.05) is 5.92 Å². The Morgan fingerprint density at radius 3 is 1.93 bits per heavy atom. The van der Waals surface area contributed by atoms with E-state index in [9.17, 15) is 24.3 Å². The molecule has 10 nitrogen and oxygen atoms in total. The highest BCUT2D eigenvalue weighted by molar-refractivity contribution is 5.86. The van der Waals surface area contributed by atoms with Crippen LogP contribution in [0.15, 0.2) is 48.5 Å². The van der Waals surface area contributed by atoms with E-state index < -0.39 is 47.9 Å². The second-order valence-corrected chi connectivity index (χ2v) is 11.5. The van der Waals surface area contributed by atoms with E-state index in [0.717, 1.165) is 22.3 Å². The van der Waals surface area contributed by atoms with Crippen LogP contribution in [0.3, 0.4) is 0 Å². The number of ether oxygens (including phenoxy) is 3. The summed E-state index contributed by atoms with van der Waals surface area (Å²) in [7, 11) is 0. The molecular weight excluding hydrogens is 516 g/mol. The van der Waals surface area contributed by atoms with E-state index >= 15 is 0 Å². The van der Waals surface area contributed by atoms with Gasteiger partial charge in [-0.25, -0.2) is 19.2 Å². The third kappa shape index (κ3) is 7.74. The summed E-state index contributed by atoms with van der Waals surface area (Å²) in [4.78, 5) is 49.8. The van der Waals surface area contributed by atoms with Gasteiger partial charge in [-0.05, 0) is 62.3 Å². The third-order valence-corrected chi connectivity index (χ3v) is 6.36. The second kappa shape index (κ2) is 12.4. The molecule has 1 aliphatic rings. The molecule has 0 heterocycles. The Labute approximate surface area is 234 Å². The highest BCUT2D eigenvalue weighted by atomic mass is 16.6. The van der Waals surface area contributed by atoms with Gasteiger partial charge in [-0.15, -0.1) is 0 Å². The number of alkyl carbamates (subject to hydrolysis) is 2. The number of carbonyl (C=O) groups excluding carboxylic acids is 3. The third-order valence-electron chi connectivity index (χ3n) is 6.36. The molecule has 3 N–H and O–H groups in total. The lowest BCUT2D eigenvalue weighted by Crippen LogP contribution is -2.55. The highest BCUT2D eigenvalue weighted by Gasteiger charge is 2.39. The minimum absolute atomic E-state index is 0.0263. The summed E-state index contributed by atoms with van der Waals surface area (Å²) < 4.78 is 16.0. The van der Waals surface area contributed by atoms with Crippen LogP contribution < -0.4 is 10.6 Å². The number of aliphatic carboxylic acids is 1. The molecular formula is C30H38N2O8. The van der Waals surface area contributed by atoms with Crippen molar-refractivity contribution in [2.24, 2.45) is 5.92 Å². The average molecular weight is 555 g/mol. The Hall–Kier alpha value is -4.08. The van der Waals surface area contributed by atoms with Gasteiger partial charge in [0.15, 0.2) is 6.04 Å². The Balaban J connectivity index is 1.65. The number of hydrogen-bond donors (Lipinski definition) is 3. The lowest BCUT2D eigenvalue weighted by molar-refractivity contribution is -0.154. The fraction of sp³-hybridized carbons (Fsp3) is 0.467. The second-order valence-electron chi connectivity index (χ2n) is 11.5. The number of nitrogens with one attached hydrogen (secondary N) is 2. The standard InChI is InChI=1S/C30H38N2O8/c1-18(2)15-30(6,26(35)38-17-24(25(33)34)31-27(36)40-29(3,4)5)32-28(37)39-16-23-21-13-9-7-11-19(21)20-12-8-10-14-22(20)23/h7-14,18,23-24H,15-17H2,1-6H3,(H,31,36)(H,32,37)(H,33,34)/t24-,30-/m1/s1. The number of benzene rings is 2. The number of carboxylic acids is 1. The van der Waals surface area contributed by atoms with Crippen LogP contribution in [0.1, 0.15) is 65.0 Å². The van der Waals surface area contributed by atoms with Gasteiger partial charge in [-0.3, -0.25) is 0 Å². The van der Waals surface area contributed by atoms with Crippen molar-refractivity contribution < 1.29 is 38.5 Å².